The highest BCUT2D eigenvalue weighted by molar-refractivity contribution is 5.81. The summed E-state index contributed by atoms with van der Waals surface area (Å²) in [5.41, 5.74) is 0.0809. The van der Waals surface area contributed by atoms with E-state index in [-0.39, 0.29) is 11.5 Å². The van der Waals surface area contributed by atoms with Gasteiger partial charge in [0.25, 0.3) is 0 Å². The van der Waals surface area contributed by atoms with Gasteiger partial charge in [-0.3, -0.25) is 4.79 Å². The summed E-state index contributed by atoms with van der Waals surface area (Å²) in [5, 5.41) is 8.61. The van der Waals surface area contributed by atoms with Crippen LogP contribution in [0.2, 0.25) is 0 Å². The minimum atomic E-state index is 0.0809. The number of nitriles is 1. The highest BCUT2D eigenvalue weighted by Gasteiger charge is 2.58. The molecule has 0 aromatic heterocycles. The van der Waals surface area contributed by atoms with Gasteiger partial charge in [-0.15, -0.1) is 0 Å². The summed E-state index contributed by atoms with van der Waals surface area (Å²) < 4.78 is 5.70. The van der Waals surface area contributed by atoms with Crippen molar-refractivity contribution < 1.29 is 9.53 Å². The molecule has 19 heavy (non-hydrogen) atoms. The van der Waals surface area contributed by atoms with Crippen LogP contribution in [0.25, 0.3) is 0 Å². The first kappa shape index (κ1) is 14.5. The van der Waals surface area contributed by atoms with E-state index in [1.807, 2.05) is 0 Å². The second-order valence-electron chi connectivity index (χ2n) is 6.77. The summed E-state index contributed by atoms with van der Waals surface area (Å²) in [4.78, 5) is 12.3. The van der Waals surface area contributed by atoms with Crippen LogP contribution in [0.1, 0.15) is 59.3 Å². The summed E-state index contributed by atoms with van der Waals surface area (Å²) in [6.45, 7) is 6.43. The fraction of sp³-hybridized carbons (Fsp3) is 0.875. The topological polar surface area (TPSA) is 53.4 Å². The van der Waals surface area contributed by atoms with Crippen molar-refractivity contribution >= 4 is 5.78 Å². The van der Waals surface area contributed by atoms with E-state index in [1.54, 1.807) is 0 Å². The molecule has 0 radical (unpaired) electrons. The predicted octanol–water partition coefficient (Wildman–Crippen LogP) is 3.48. The van der Waals surface area contributed by atoms with Gasteiger partial charge in [0.2, 0.25) is 0 Å². The molecule has 1 aliphatic heterocycles. The second kappa shape index (κ2) is 5.63. The zero-order valence-electron chi connectivity index (χ0n) is 12.3. The number of Topliss-reactive ketones (excluding diaryl/α,β-unsaturated/α-hetero) is 1. The molecule has 1 saturated carbocycles. The Hall–Kier alpha value is -0.880. The summed E-state index contributed by atoms with van der Waals surface area (Å²) in [5.74, 6) is 1.48. The van der Waals surface area contributed by atoms with E-state index < -0.39 is 0 Å². The average Bonchev–Trinajstić information content (AvgIpc) is 2.98. The van der Waals surface area contributed by atoms with E-state index in [4.69, 9.17) is 10.00 Å². The fourth-order valence-corrected chi connectivity index (χ4v) is 3.53. The Morgan fingerprint density at radius 3 is 3.00 bits per heavy atom. The molecule has 1 heterocycles. The maximum absolute atomic E-state index is 12.3. The van der Waals surface area contributed by atoms with E-state index in [0.717, 1.165) is 25.7 Å². The SMILES string of the molecule is CC(CC#N)CCCC(=O)C1CC2OC2(C)CC1C. The van der Waals surface area contributed by atoms with Gasteiger partial charge >= 0.3 is 0 Å². The molecule has 1 saturated heterocycles. The quantitative estimate of drug-likeness (QED) is 0.689. The Morgan fingerprint density at radius 1 is 1.58 bits per heavy atom. The van der Waals surface area contributed by atoms with Crippen LogP contribution < -0.4 is 0 Å². The standard InChI is InChI=1S/C16H25NO2/c1-11(7-8-17)5-4-6-14(18)13-9-15-16(3,19-15)10-12(13)2/h11-13,15H,4-7,9-10H2,1-3H3. The maximum Gasteiger partial charge on any atom is 0.136 e. The zero-order valence-corrected chi connectivity index (χ0v) is 12.3. The van der Waals surface area contributed by atoms with Crippen LogP contribution in [0.3, 0.4) is 0 Å². The van der Waals surface area contributed by atoms with Crippen LogP contribution in [0, 0.1) is 29.1 Å². The first-order valence-corrected chi connectivity index (χ1v) is 7.53. The zero-order chi connectivity index (χ0) is 14.0. The third kappa shape index (κ3) is 3.36. The lowest BCUT2D eigenvalue weighted by Gasteiger charge is -2.28. The van der Waals surface area contributed by atoms with Crippen molar-refractivity contribution in [1.29, 1.82) is 5.26 Å². The van der Waals surface area contributed by atoms with Gasteiger partial charge in [-0.05, 0) is 44.4 Å². The van der Waals surface area contributed by atoms with E-state index >= 15 is 0 Å². The molecule has 0 bridgehead atoms. The molecule has 0 aromatic rings. The van der Waals surface area contributed by atoms with Crippen molar-refractivity contribution in [2.75, 3.05) is 0 Å². The van der Waals surface area contributed by atoms with E-state index in [0.29, 0.717) is 36.6 Å². The average molecular weight is 263 g/mol. The Morgan fingerprint density at radius 2 is 2.32 bits per heavy atom. The maximum atomic E-state index is 12.3. The van der Waals surface area contributed by atoms with Crippen molar-refractivity contribution in [1.82, 2.24) is 0 Å². The Kier molecular flexibility index (Phi) is 4.30. The number of ether oxygens (including phenoxy) is 1. The van der Waals surface area contributed by atoms with E-state index in [1.165, 1.54) is 0 Å². The lowest BCUT2D eigenvalue weighted by atomic mass is 9.73. The molecule has 106 valence electrons. The minimum Gasteiger partial charge on any atom is -0.366 e. The van der Waals surface area contributed by atoms with Gasteiger partial charge in [-0.25, -0.2) is 0 Å². The molecule has 3 nitrogen and oxygen atoms in total. The number of carbonyl (C=O) groups is 1. The van der Waals surface area contributed by atoms with Gasteiger partial charge < -0.3 is 4.74 Å². The molecule has 1 aliphatic carbocycles. The van der Waals surface area contributed by atoms with Gasteiger partial charge in [0.05, 0.1) is 17.8 Å². The monoisotopic (exact) mass is 263 g/mol. The van der Waals surface area contributed by atoms with Crippen LogP contribution in [0.4, 0.5) is 0 Å². The molecule has 3 heteroatoms. The lowest BCUT2D eigenvalue weighted by molar-refractivity contribution is -0.125. The van der Waals surface area contributed by atoms with Crippen LogP contribution in [0.15, 0.2) is 0 Å². The Balaban J connectivity index is 1.73. The molecule has 0 spiro atoms. The molecular formula is C16H25NO2. The molecule has 0 aromatic carbocycles. The first-order chi connectivity index (χ1) is 8.96. The third-order valence-electron chi connectivity index (χ3n) is 4.89. The van der Waals surface area contributed by atoms with Gasteiger partial charge in [-0.1, -0.05) is 13.8 Å². The number of fused-ring (bicyclic) bond motifs is 1. The highest BCUT2D eigenvalue weighted by Crippen LogP contribution is 2.51. The molecule has 2 aliphatic rings. The number of rotatable bonds is 6. The largest absolute Gasteiger partial charge is 0.366 e. The number of nitrogens with zero attached hydrogens (tertiary/aromatic N) is 1. The smallest absolute Gasteiger partial charge is 0.136 e. The molecule has 2 rings (SSSR count). The van der Waals surface area contributed by atoms with Crippen LogP contribution in [-0.2, 0) is 9.53 Å². The highest BCUT2D eigenvalue weighted by atomic mass is 16.6. The molecule has 2 fully saturated rings. The van der Waals surface area contributed by atoms with Gasteiger partial charge in [0, 0.05) is 18.8 Å². The van der Waals surface area contributed by atoms with Gasteiger partial charge in [0.15, 0.2) is 0 Å². The van der Waals surface area contributed by atoms with Crippen molar-refractivity contribution in [2.45, 2.75) is 71.0 Å². The normalized spacial score (nSPS) is 38.1. The fourth-order valence-electron chi connectivity index (χ4n) is 3.53. The molecule has 5 unspecified atom stereocenters. The molecular weight excluding hydrogens is 238 g/mol. The van der Waals surface area contributed by atoms with Crippen molar-refractivity contribution in [3.8, 4) is 6.07 Å². The number of carbonyl (C=O) groups excluding carboxylic acids is 1. The number of epoxide rings is 1. The van der Waals surface area contributed by atoms with E-state index in [9.17, 15) is 4.79 Å². The summed E-state index contributed by atoms with van der Waals surface area (Å²) in [6.07, 6.45) is 5.46. The third-order valence-corrected chi connectivity index (χ3v) is 4.89. The van der Waals surface area contributed by atoms with E-state index in [2.05, 4.69) is 26.8 Å². The minimum absolute atomic E-state index is 0.0809. The van der Waals surface area contributed by atoms with Crippen LogP contribution in [0.5, 0.6) is 0 Å². The van der Waals surface area contributed by atoms with Gasteiger partial charge in [-0.2, -0.15) is 5.26 Å². The van der Waals surface area contributed by atoms with Gasteiger partial charge in [0.1, 0.15) is 5.78 Å². The summed E-state index contributed by atoms with van der Waals surface area (Å²) in [7, 11) is 0. The molecule has 0 amide bonds. The number of hydrogen-bond acceptors (Lipinski definition) is 3. The predicted molar refractivity (Wildman–Crippen MR) is 73.4 cm³/mol. The lowest BCUT2D eigenvalue weighted by Crippen LogP contribution is -2.33. The number of hydrogen-bond donors (Lipinski definition) is 0. The van der Waals surface area contributed by atoms with Crippen molar-refractivity contribution in [3.05, 3.63) is 0 Å². The Bertz CT molecular complexity index is 387. The summed E-state index contributed by atoms with van der Waals surface area (Å²) >= 11 is 0. The van der Waals surface area contributed by atoms with Crippen LogP contribution in [-0.4, -0.2) is 17.5 Å². The second-order valence-corrected chi connectivity index (χ2v) is 6.77. The van der Waals surface area contributed by atoms with Crippen molar-refractivity contribution in [2.24, 2.45) is 17.8 Å². The van der Waals surface area contributed by atoms with Crippen LogP contribution >= 0.6 is 0 Å². The molecule has 0 N–H and O–H groups in total. The number of ketones is 1. The first-order valence-electron chi connectivity index (χ1n) is 7.53. The Labute approximate surface area is 116 Å². The summed E-state index contributed by atoms with van der Waals surface area (Å²) in [6, 6.07) is 2.19. The molecule has 5 atom stereocenters. The van der Waals surface area contributed by atoms with Crippen molar-refractivity contribution in [3.63, 3.8) is 0 Å².